The predicted octanol–water partition coefficient (Wildman–Crippen LogP) is 5.68. The third-order valence-electron chi connectivity index (χ3n) is 4.88. The molecule has 6 nitrogen and oxygen atoms in total. The van der Waals surface area contributed by atoms with Crippen molar-refractivity contribution in [2.45, 2.75) is 25.7 Å². The third-order valence-corrected chi connectivity index (χ3v) is 5.30. The fourth-order valence-corrected chi connectivity index (χ4v) is 3.32. The van der Waals surface area contributed by atoms with Crippen molar-refractivity contribution >= 4 is 45.8 Å². The van der Waals surface area contributed by atoms with E-state index in [1.165, 1.54) is 18.5 Å². The molecule has 3 N–H and O–H groups in total. The van der Waals surface area contributed by atoms with E-state index in [4.69, 9.17) is 16.6 Å². The van der Waals surface area contributed by atoms with E-state index in [1.54, 1.807) is 0 Å². The Balaban J connectivity index is 1.50. The Labute approximate surface area is 167 Å². The van der Waals surface area contributed by atoms with Gasteiger partial charge in [0.25, 0.3) is 0 Å². The maximum absolute atomic E-state index is 6.13. The Morgan fingerprint density at radius 3 is 2.71 bits per heavy atom. The number of H-pyrrole nitrogens is 1. The van der Waals surface area contributed by atoms with Crippen molar-refractivity contribution < 1.29 is 0 Å². The van der Waals surface area contributed by atoms with E-state index in [2.05, 4.69) is 31.9 Å². The molecule has 1 aliphatic carbocycles. The summed E-state index contributed by atoms with van der Waals surface area (Å²) in [6.07, 6.45) is 2.46. The number of fused-ring (bicyclic) bond motifs is 1. The van der Waals surface area contributed by atoms with Gasteiger partial charge >= 0.3 is 0 Å². The van der Waals surface area contributed by atoms with E-state index in [0.717, 1.165) is 33.0 Å². The zero-order chi connectivity index (χ0) is 19.1. The summed E-state index contributed by atoms with van der Waals surface area (Å²) < 4.78 is 0. The number of aromatic amines is 1. The molecule has 0 saturated heterocycles. The number of halogens is 1. The van der Waals surface area contributed by atoms with Gasteiger partial charge in [-0.25, -0.2) is 4.98 Å². The molecule has 0 amide bonds. The fraction of sp³-hybridized carbons (Fsp3) is 0.190. The van der Waals surface area contributed by atoms with E-state index in [-0.39, 0.29) is 0 Å². The summed E-state index contributed by atoms with van der Waals surface area (Å²) in [5, 5.41) is 15.8. The Bertz CT molecular complexity index is 1160. The van der Waals surface area contributed by atoms with Gasteiger partial charge in [-0.3, -0.25) is 5.10 Å². The summed E-state index contributed by atoms with van der Waals surface area (Å²) in [6, 6.07) is 15.7. The molecular formula is C21H19ClN6. The van der Waals surface area contributed by atoms with Crippen LogP contribution in [-0.4, -0.2) is 20.2 Å². The summed E-state index contributed by atoms with van der Waals surface area (Å²) in [5.74, 6) is 2.61. The SMILES string of the molecule is Cc1cc(Nc2nc(Nc3cc(C4CC4)[nH]n3)c3ccccc3n2)ccc1Cl. The van der Waals surface area contributed by atoms with E-state index < -0.39 is 0 Å². The average molecular weight is 391 g/mol. The van der Waals surface area contributed by atoms with Crippen molar-refractivity contribution in [2.24, 2.45) is 0 Å². The predicted molar refractivity (Wildman–Crippen MR) is 113 cm³/mol. The number of hydrogen-bond acceptors (Lipinski definition) is 5. The second kappa shape index (κ2) is 6.80. The zero-order valence-electron chi connectivity index (χ0n) is 15.3. The Hall–Kier alpha value is -3.12. The molecule has 1 fully saturated rings. The summed E-state index contributed by atoms with van der Waals surface area (Å²) >= 11 is 6.13. The first-order chi connectivity index (χ1) is 13.7. The summed E-state index contributed by atoms with van der Waals surface area (Å²) in [4.78, 5) is 9.34. The Kier molecular flexibility index (Phi) is 4.13. The van der Waals surface area contributed by atoms with E-state index in [0.29, 0.717) is 17.7 Å². The highest BCUT2D eigenvalue weighted by molar-refractivity contribution is 6.31. The van der Waals surface area contributed by atoms with Crippen molar-refractivity contribution in [2.75, 3.05) is 10.6 Å². The Morgan fingerprint density at radius 2 is 1.89 bits per heavy atom. The molecule has 1 aliphatic rings. The van der Waals surface area contributed by atoms with E-state index >= 15 is 0 Å². The summed E-state index contributed by atoms with van der Waals surface area (Å²) in [6.45, 7) is 1.97. The molecule has 28 heavy (non-hydrogen) atoms. The van der Waals surface area contributed by atoms with Crippen molar-refractivity contribution in [3.8, 4) is 0 Å². The molecule has 0 radical (unpaired) electrons. The quantitative estimate of drug-likeness (QED) is 0.408. The van der Waals surface area contributed by atoms with Crippen LogP contribution in [0.2, 0.25) is 5.02 Å². The monoisotopic (exact) mass is 390 g/mol. The van der Waals surface area contributed by atoms with Crippen LogP contribution in [0.15, 0.2) is 48.5 Å². The van der Waals surface area contributed by atoms with Gasteiger partial charge < -0.3 is 10.6 Å². The molecule has 140 valence electrons. The fourth-order valence-electron chi connectivity index (χ4n) is 3.20. The molecule has 5 rings (SSSR count). The molecule has 2 aromatic heterocycles. The van der Waals surface area contributed by atoms with Gasteiger partial charge in [-0.15, -0.1) is 0 Å². The molecule has 0 spiro atoms. The lowest BCUT2D eigenvalue weighted by atomic mass is 10.2. The Morgan fingerprint density at radius 1 is 1.04 bits per heavy atom. The van der Waals surface area contributed by atoms with Crippen LogP contribution in [0.5, 0.6) is 0 Å². The van der Waals surface area contributed by atoms with Crippen LogP contribution >= 0.6 is 11.6 Å². The topological polar surface area (TPSA) is 78.5 Å². The largest absolute Gasteiger partial charge is 0.324 e. The maximum atomic E-state index is 6.13. The first-order valence-corrected chi connectivity index (χ1v) is 9.66. The van der Waals surface area contributed by atoms with Gasteiger partial charge in [-0.1, -0.05) is 23.7 Å². The first-order valence-electron chi connectivity index (χ1n) is 9.28. The average Bonchev–Trinajstić information content (AvgIpc) is 3.44. The second-order valence-corrected chi connectivity index (χ2v) is 7.52. The minimum absolute atomic E-state index is 0.515. The molecule has 4 aromatic rings. The van der Waals surface area contributed by atoms with Crippen molar-refractivity contribution in [3.05, 3.63) is 64.8 Å². The van der Waals surface area contributed by atoms with Gasteiger partial charge in [0, 0.05) is 33.8 Å². The molecule has 0 aliphatic heterocycles. The molecule has 0 bridgehead atoms. The highest BCUT2D eigenvalue weighted by atomic mass is 35.5. The molecular weight excluding hydrogens is 372 g/mol. The summed E-state index contributed by atoms with van der Waals surface area (Å²) in [5.41, 5.74) is 3.91. The number of aryl methyl sites for hydroxylation is 1. The lowest BCUT2D eigenvalue weighted by molar-refractivity contribution is 0.966. The highest BCUT2D eigenvalue weighted by Crippen LogP contribution is 2.39. The number of nitrogens with zero attached hydrogens (tertiary/aromatic N) is 3. The van der Waals surface area contributed by atoms with Crippen LogP contribution in [0, 0.1) is 6.92 Å². The van der Waals surface area contributed by atoms with Crippen LogP contribution in [0.4, 0.5) is 23.3 Å². The second-order valence-electron chi connectivity index (χ2n) is 7.11. The third kappa shape index (κ3) is 3.39. The number of benzene rings is 2. The van der Waals surface area contributed by atoms with Gasteiger partial charge in [0.1, 0.15) is 5.82 Å². The normalized spacial score (nSPS) is 13.6. The van der Waals surface area contributed by atoms with E-state index in [1.807, 2.05) is 49.4 Å². The molecule has 2 heterocycles. The van der Waals surface area contributed by atoms with Crippen LogP contribution in [-0.2, 0) is 0 Å². The van der Waals surface area contributed by atoms with Crippen molar-refractivity contribution in [1.29, 1.82) is 0 Å². The maximum Gasteiger partial charge on any atom is 0.229 e. The first kappa shape index (κ1) is 17.0. The molecule has 0 atom stereocenters. The minimum atomic E-state index is 0.515. The number of para-hydroxylation sites is 1. The number of aromatic nitrogens is 4. The smallest absolute Gasteiger partial charge is 0.229 e. The van der Waals surface area contributed by atoms with Crippen LogP contribution in [0.25, 0.3) is 10.9 Å². The molecule has 7 heteroatoms. The highest BCUT2D eigenvalue weighted by Gasteiger charge is 2.25. The lowest BCUT2D eigenvalue weighted by Crippen LogP contribution is -2.02. The van der Waals surface area contributed by atoms with Crippen molar-refractivity contribution in [3.63, 3.8) is 0 Å². The van der Waals surface area contributed by atoms with Gasteiger partial charge in [-0.05, 0) is 55.7 Å². The number of nitrogens with one attached hydrogen (secondary N) is 3. The van der Waals surface area contributed by atoms with Gasteiger partial charge in [0.15, 0.2) is 5.82 Å². The van der Waals surface area contributed by atoms with Crippen LogP contribution < -0.4 is 10.6 Å². The standard InChI is InChI=1S/C21H19ClN6/c1-12-10-14(8-9-16(12)22)23-21-24-17-5-3-2-4-15(17)20(26-21)25-19-11-18(27-28-19)13-6-7-13/h2-5,8-11,13H,6-7H2,1H3,(H3,23,24,25,26,27,28). The zero-order valence-corrected chi connectivity index (χ0v) is 16.1. The van der Waals surface area contributed by atoms with E-state index in [9.17, 15) is 0 Å². The van der Waals surface area contributed by atoms with Gasteiger partial charge in [0.2, 0.25) is 5.95 Å². The summed E-state index contributed by atoms with van der Waals surface area (Å²) in [7, 11) is 0. The molecule has 1 saturated carbocycles. The lowest BCUT2D eigenvalue weighted by Gasteiger charge is -2.11. The van der Waals surface area contributed by atoms with Crippen molar-refractivity contribution in [1.82, 2.24) is 20.2 Å². The number of anilines is 4. The van der Waals surface area contributed by atoms with Gasteiger partial charge in [-0.2, -0.15) is 10.1 Å². The molecule has 2 aromatic carbocycles. The number of hydrogen-bond donors (Lipinski definition) is 3. The minimum Gasteiger partial charge on any atom is -0.324 e. The molecule has 0 unspecified atom stereocenters. The van der Waals surface area contributed by atoms with Gasteiger partial charge in [0.05, 0.1) is 5.52 Å². The number of rotatable bonds is 5. The van der Waals surface area contributed by atoms with Crippen LogP contribution in [0.1, 0.15) is 30.0 Å². The van der Waals surface area contributed by atoms with Crippen LogP contribution in [0.3, 0.4) is 0 Å².